The van der Waals surface area contributed by atoms with Crippen LogP contribution in [0.5, 0.6) is 0 Å². The van der Waals surface area contributed by atoms with Gasteiger partial charge in [0.25, 0.3) is 0 Å². The third-order valence-corrected chi connectivity index (χ3v) is 6.19. The van der Waals surface area contributed by atoms with Crippen molar-refractivity contribution < 1.29 is 17.6 Å². The molecule has 144 valence electrons. The highest BCUT2D eigenvalue weighted by atomic mass is 32.2. The van der Waals surface area contributed by atoms with Crippen LogP contribution in [0.3, 0.4) is 0 Å². The number of nitrogens with zero attached hydrogens (tertiary/aromatic N) is 1. The third kappa shape index (κ3) is 5.12. The van der Waals surface area contributed by atoms with Crippen molar-refractivity contribution in [1.29, 1.82) is 0 Å². The number of rotatable bonds is 6. The largest absolute Gasteiger partial charge is 0.366 e. The number of halogens is 1. The fourth-order valence-electron chi connectivity index (χ4n) is 3.19. The van der Waals surface area contributed by atoms with E-state index in [4.69, 9.17) is 5.73 Å². The molecule has 0 saturated carbocycles. The SMILES string of the molecule is NC(=O)c1cccc(CN2CCC(NS(=O)(=O)c3ccc(F)cc3)CC2)c1. The molecule has 0 spiro atoms. The summed E-state index contributed by atoms with van der Waals surface area (Å²) < 4.78 is 40.5. The van der Waals surface area contributed by atoms with Crippen LogP contribution in [0.2, 0.25) is 0 Å². The summed E-state index contributed by atoms with van der Waals surface area (Å²) in [7, 11) is -3.65. The number of primary amides is 1. The molecule has 3 rings (SSSR count). The van der Waals surface area contributed by atoms with Crippen molar-refractivity contribution in [2.24, 2.45) is 5.73 Å². The molecule has 1 heterocycles. The molecule has 27 heavy (non-hydrogen) atoms. The molecule has 0 atom stereocenters. The van der Waals surface area contributed by atoms with Crippen LogP contribution in [-0.4, -0.2) is 38.4 Å². The zero-order chi connectivity index (χ0) is 19.4. The van der Waals surface area contributed by atoms with Crippen molar-refractivity contribution in [1.82, 2.24) is 9.62 Å². The van der Waals surface area contributed by atoms with Gasteiger partial charge in [-0.3, -0.25) is 9.69 Å². The number of carbonyl (C=O) groups excluding carboxylic acids is 1. The first-order chi connectivity index (χ1) is 12.8. The molecule has 1 saturated heterocycles. The lowest BCUT2D eigenvalue weighted by Gasteiger charge is -2.32. The topological polar surface area (TPSA) is 92.5 Å². The Kier molecular flexibility index (Phi) is 5.88. The summed E-state index contributed by atoms with van der Waals surface area (Å²) in [5.41, 5.74) is 6.79. The van der Waals surface area contributed by atoms with Gasteiger partial charge in [-0.15, -0.1) is 0 Å². The average molecular weight is 391 g/mol. The highest BCUT2D eigenvalue weighted by Gasteiger charge is 2.24. The maximum atomic E-state index is 13.0. The van der Waals surface area contributed by atoms with E-state index in [2.05, 4.69) is 9.62 Å². The van der Waals surface area contributed by atoms with Crippen LogP contribution in [0, 0.1) is 5.82 Å². The smallest absolute Gasteiger partial charge is 0.248 e. The second-order valence-electron chi connectivity index (χ2n) is 6.69. The number of hydrogen-bond acceptors (Lipinski definition) is 4. The van der Waals surface area contributed by atoms with Crippen molar-refractivity contribution in [3.63, 3.8) is 0 Å². The number of likely N-dealkylation sites (tertiary alicyclic amines) is 1. The molecule has 0 radical (unpaired) electrons. The minimum Gasteiger partial charge on any atom is -0.366 e. The Bertz CT molecular complexity index is 908. The second kappa shape index (κ2) is 8.16. The van der Waals surface area contributed by atoms with Crippen LogP contribution in [0.1, 0.15) is 28.8 Å². The predicted octanol–water partition coefficient (Wildman–Crippen LogP) is 1.87. The van der Waals surface area contributed by atoms with Crippen molar-refractivity contribution in [2.45, 2.75) is 30.3 Å². The van der Waals surface area contributed by atoms with E-state index >= 15 is 0 Å². The fraction of sp³-hybridized carbons (Fsp3) is 0.316. The molecule has 0 aromatic heterocycles. The minimum absolute atomic E-state index is 0.0644. The first-order valence-corrected chi connectivity index (χ1v) is 10.2. The first kappa shape index (κ1) is 19.5. The van der Waals surface area contributed by atoms with E-state index in [1.165, 1.54) is 12.1 Å². The Balaban J connectivity index is 1.55. The lowest BCUT2D eigenvalue weighted by atomic mass is 10.0. The molecule has 0 bridgehead atoms. The Labute approximate surface area is 158 Å². The summed E-state index contributed by atoms with van der Waals surface area (Å²) in [5, 5.41) is 0. The lowest BCUT2D eigenvalue weighted by molar-refractivity contribution is 0.1000. The number of nitrogens with two attached hydrogens (primary N) is 1. The fourth-order valence-corrected chi connectivity index (χ4v) is 4.50. The van der Waals surface area contributed by atoms with E-state index in [1.54, 1.807) is 18.2 Å². The quantitative estimate of drug-likeness (QED) is 0.786. The minimum atomic E-state index is -3.65. The summed E-state index contributed by atoms with van der Waals surface area (Å²) in [6, 6.07) is 11.8. The average Bonchev–Trinajstić information content (AvgIpc) is 2.64. The maximum absolute atomic E-state index is 13.0. The second-order valence-corrected chi connectivity index (χ2v) is 8.40. The number of amides is 1. The first-order valence-electron chi connectivity index (χ1n) is 8.72. The molecule has 0 aliphatic carbocycles. The Morgan fingerprint density at radius 2 is 1.81 bits per heavy atom. The summed E-state index contributed by atoms with van der Waals surface area (Å²) in [5.74, 6) is -0.923. The number of hydrogen-bond donors (Lipinski definition) is 2. The van der Waals surface area contributed by atoms with Crippen molar-refractivity contribution in [2.75, 3.05) is 13.1 Å². The van der Waals surface area contributed by atoms with Crippen LogP contribution in [0.4, 0.5) is 4.39 Å². The normalized spacial score (nSPS) is 16.3. The van der Waals surface area contributed by atoms with Gasteiger partial charge in [0.15, 0.2) is 0 Å². The van der Waals surface area contributed by atoms with Gasteiger partial charge in [-0.1, -0.05) is 12.1 Å². The van der Waals surface area contributed by atoms with Crippen LogP contribution >= 0.6 is 0 Å². The molecule has 8 heteroatoms. The van der Waals surface area contributed by atoms with E-state index in [-0.39, 0.29) is 10.9 Å². The monoisotopic (exact) mass is 391 g/mol. The van der Waals surface area contributed by atoms with Gasteiger partial charge in [0, 0.05) is 31.2 Å². The highest BCUT2D eigenvalue weighted by Crippen LogP contribution is 2.17. The van der Waals surface area contributed by atoms with E-state index in [0.717, 1.165) is 30.8 Å². The lowest BCUT2D eigenvalue weighted by Crippen LogP contribution is -2.44. The van der Waals surface area contributed by atoms with Crippen molar-refractivity contribution in [3.05, 3.63) is 65.5 Å². The van der Waals surface area contributed by atoms with Gasteiger partial charge >= 0.3 is 0 Å². The molecule has 1 aliphatic rings. The van der Waals surface area contributed by atoms with E-state index < -0.39 is 21.7 Å². The summed E-state index contributed by atoms with van der Waals surface area (Å²) >= 11 is 0. The number of benzene rings is 2. The molecule has 3 N–H and O–H groups in total. The zero-order valence-corrected chi connectivity index (χ0v) is 15.6. The van der Waals surface area contributed by atoms with Crippen LogP contribution < -0.4 is 10.5 Å². The van der Waals surface area contributed by atoms with Gasteiger partial charge in [0.2, 0.25) is 15.9 Å². The molecule has 0 unspecified atom stereocenters. The van der Waals surface area contributed by atoms with Gasteiger partial charge in [0.05, 0.1) is 4.90 Å². The molecule has 2 aromatic carbocycles. The van der Waals surface area contributed by atoms with Gasteiger partial charge < -0.3 is 5.73 Å². The number of carbonyl (C=O) groups is 1. The maximum Gasteiger partial charge on any atom is 0.248 e. The Morgan fingerprint density at radius 1 is 1.15 bits per heavy atom. The Morgan fingerprint density at radius 3 is 2.44 bits per heavy atom. The van der Waals surface area contributed by atoms with Crippen LogP contribution in [-0.2, 0) is 16.6 Å². The molecule has 1 aliphatic heterocycles. The molecular weight excluding hydrogens is 369 g/mol. The van der Waals surface area contributed by atoms with Crippen LogP contribution in [0.25, 0.3) is 0 Å². The van der Waals surface area contributed by atoms with Gasteiger partial charge in [-0.05, 0) is 54.8 Å². The molecule has 1 fully saturated rings. The molecule has 1 amide bonds. The number of sulfonamides is 1. The van der Waals surface area contributed by atoms with Gasteiger partial charge in [0.1, 0.15) is 5.82 Å². The standard InChI is InChI=1S/C19H22FN3O3S/c20-16-4-6-18(7-5-16)27(25,26)22-17-8-10-23(11-9-17)13-14-2-1-3-15(12-14)19(21)24/h1-7,12,17,22H,8-11,13H2,(H2,21,24). The predicted molar refractivity (Wildman–Crippen MR) is 100.0 cm³/mol. The molecular formula is C19H22FN3O3S. The summed E-state index contributed by atoms with van der Waals surface area (Å²) in [4.78, 5) is 13.6. The van der Waals surface area contributed by atoms with E-state index in [9.17, 15) is 17.6 Å². The van der Waals surface area contributed by atoms with E-state index in [0.29, 0.717) is 24.9 Å². The summed E-state index contributed by atoms with van der Waals surface area (Å²) in [6.07, 6.45) is 1.35. The van der Waals surface area contributed by atoms with Gasteiger partial charge in [-0.25, -0.2) is 17.5 Å². The van der Waals surface area contributed by atoms with Crippen LogP contribution in [0.15, 0.2) is 53.4 Å². The number of nitrogens with one attached hydrogen (secondary N) is 1. The third-order valence-electron chi connectivity index (χ3n) is 4.65. The van der Waals surface area contributed by atoms with E-state index in [1.807, 2.05) is 6.07 Å². The van der Waals surface area contributed by atoms with Gasteiger partial charge in [-0.2, -0.15) is 0 Å². The van der Waals surface area contributed by atoms with Crippen molar-refractivity contribution >= 4 is 15.9 Å². The van der Waals surface area contributed by atoms with Crippen molar-refractivity contribution in [3.8, 4) is 0 Å². The highest BCUT2D eigenvalue weighted by molar-refractivity contribution is 7.89. The number of piperidine rings is 1. The molecule has 6 nitrogen and oxygen atoms in total. The molecule has 2 aromatic rings. The zero-order valence-electron chi connectivity index (χ0n) is 14.8. The summed E-state index contributed by atoms with van der Waals surface area (Å²) in [6.45, 7) is 2.15. The Hall–Kier alpha value is -2.29.